The second kappa shape index (κ2) is 8.05. The molecule has 0 spiro atoms. The Hall–Kier alpha value is -1.53. The number of carbonyl (C=O) groups is 1. The Morgan fingerprint density at radius 2 is 2.38 bits per heavy atom. The fourth-order valence-electron chi connectivity index (χ4n) is 2.26. The van der Waals surface area contributed by atoms with Gasteiger partial charge in [0.2, 0.25) is 0 Å². The third kappa shape index (κ3) is 4.75. The van der Waals surface area contributed by atoms with Crippen LogP contribution in [0.5, 0.6) is 0 Å². The molecule has 118 valence electrons. The van der Waals surface area contributed by atoms with Crippen molar-refractivity contribution in [2.75, 3.05) is 26.3 Å². The van der Waals surface area contributed by atoms with E-state index in [9.17, 15) is 4.79 Å². The number of rotatable bonds is 6. The minimum Gasteiger partial charge on any atom is -0.467 e. The van der Waals surface area contributed by atoms with Gasteiger partial charge in [0.05, 0.1) is 25.0 Å². The molecule has 2 atom stereocenters. The molecule has 1 aromatic heterocycles. The van der Waals surface area contributed by atoms with Gasteiger partial charge in [0.25, 0.3) is 0 Å². The lowest BCUT2D eigenvalue weighted by molar-refractivity contribution is -0.0376. The maximum absolute atomic E-state index is 12.1. The van der Waals surface area contributed by atoms with Crippen LogP contribution in [0, 0.1) is 0 Å². The highest BCUT2D eigenvalue weighted by Gasteiger charge is 2.28. The van der Waals surface area contributed by atoms with Crippen molar-refractivity contribution in [2.45, 2.75) is 39.0 Å². The number of hydrogen-bond acceptors (Lipinski definition) is 4. The zero-order valence-corrected chi connectivity index (χ0v) is 12.7. The van der Waals surface area contributed by atoms with Crippen molar-refractivity contribution in [1.82, 2.24) is 10.2 Å². The van der Waals surface area contributed by atoms with Crippen molar-refractivity contribution < 1.29 is 18.7 Å². The summed E-state index contributed by atoms with van der Waals surface area (Å²) in [4.78, 5) is 13.9. The first-order chi connectivity index (χ1) is 10.2. The Balaban J connectivity index is 1.56. The fourth-order valence-corrected chi connectivity index (χ4v) is 2.26. The van der Waals surface area contributed by atoms with Crippen molar-refractivity contribution in [3.8, 4) is 0 Å². The van der Waals surface area contributed by atoms with Gasteiger partial charge in [0.15, 0.2) is 0 Å². The summed E-state index contributed by atoms with van der Waals surface area (Å²) in [5.74, 6) is 0.815. The molecule has 0 aliphatic carbocycles. The van der Waals surface area contributed by atoms with Crippen LogP contribution in [-0.4, -0.2) is 49.4 Å². The number of urea groups is 1. The van der Waals surface area contributed by atoms with Crippen molar-refractivity contribution in [1.29, 1.82) is 0 Å². The summed E-state index contributed by atoms with van der Waals surface area (Å²) in [6, 6.07) is 3.80. The molecule has 1 aliphatic heterocycles. The van der Waals surface area contributed by atoms with Crippen LogP contribution in [0.3, 0.4) is 0 Å². The molecule has 0 aromatic carbocycles. The minimum absolute atomic E-state index is 0.0244. The Labute approximate surface area is 125 Å². The maximum Gasteiger partial charge on any atom is 0.317 e. The van der Waals surface area contributed by atoms with Crippen LogP contribution >= 0.6 is 0 Å². The summed E-state index contributed by atoms with van der Waals surface area (Å²) in [5.41, 5.74) is 0. The minimum atomic E-state index is -0.0244. The van der Waals surface area contributed by atoms with Crippen molar-refractivity contribution in [2.24, 2.45) is 0 Å². The summed E-state index contributed by atoms with van der Waals surface area (Å²) in [6.07, 6.45) is 2.49. The molecule has 21 heavy (non-hydrogen) atoms. The molecule has 6 heteroatoms. The molecule has 2 rings (SSSR count). The number of furan rings is 1. The molecule has 2 heterocycles. The van der Waals surface area contributed by atoms with Crippen molar-refractivity contribution >= 4 is 6.03 Å². The number of amides is 2. The van der Waals surface area contributed by atoms with Crippen LogP contribution < -0.4 is 5.32 Å². The predicted octanol–water partition coefficient (Wildman–Crippen LogP) is 2.01. The van der Waals surface area contributed by atoms with E-state index in [1.54, 1.807) is 6.26 Å². The lowest BCUT2D eigenvalue weighted by Crippen LogP contribution is -2.54. The second-order valence-electron chi connectivity index (χ2n) is 5.23. The third-order valence-electron chi connectivity index (χ3n) is 3.71. The average Bonchev–Trinajstić information content (AvgIpc) is 2.98. The average molecular weight is 296 g/mol. The predicted molar refractivity (Wildman–Crippen MR) is 78.0 cm³/mol. The van der Waals surface area contributed by atoms with Gasteiger partial charge in [-0.3, -0.25) is 0 Å². The lowest BCUT2D eigenvalue weighted by Gasteiger charge is -2.37. The molecule has 0 saturated carbocycles. The van der Waals surface area contributed by atoms with Crippen LogP contribution in [-0.2, 0) is 16.1 Å². The molecule has 1 saturated heterocycles. The number of ether oxygens (including phenoxy) is 2. The number of nitrogens with one attached hydrogen (secondary N) is 1. The van der Waals surface area contributed by atoms with Gasteiger partial charge >= 0.3 is 6.03 Å². The molecule has 0 bridgehead atoms. The lowest BCUT2D eigenvalue weighted by atomic mass is 10.1. The second-order valence-corrected chi connectivity index (χ2v) is 5.23. The normalized spacial score (nSPS) is 22.3. The number of carbonyl (C=O) groups excluding carboxylic acids is 1. The first kappa shape index (κ1) is 15.9. The fraction of sp³-hybridized carbons (Fsp3) is 0.667. The van der Waals surface area contributed by atoms with Gasteiger partial charge in [-0.25, -0.2) is 4.79 Å². The summed E-state index contributed by atoms with van der Waals surface area (Å²) in [6.45, 7) is 6.92. The number of hydrogen-bond donors (Lipinski definition) is 1. The van der Waals surface area contributed by atoms with Gasteiger partial charge in [0.1, 0.15) is 12.4 Å². The van der Waals surface area contributed by atoms with E-state index >= 15 is 0 Å². The Kier molecular flexibility index (Phi) is 6.07. The number of morpholine rings is 1. The van der Waals surface area contributed by atoms with Gasteiger partial charge in [0, 0.05) is 19.7 Å². The number of nitrogens with zero attached hydrogens (tertiary/aromatic N) is 1. The Bertz CT molecular complexity index is 421. The molecule has 6 nitrogen and oxygen atoms in total. The zero-order chi connectivity index (χ0) is 15.1. The summed E-state index contributed by atoms with van der Waals surface area (Å²) in [5, 5.41) is 2.93. The highest BCUT2D eigenvalue weighted by molar-refractivity contribution is 5.74. The van der Waals surface area contributed by atoms with E-state index < -0.39 is 0 Å². The van der Waals surface area contributed by atoms with E-state index in [1.807, 2.05) is 30.9 Å². The topological polar surface area (TPSA) is 63.9 Å². The van der Waals surface area contributed by atoms with Gasteiger partial charge in [-0.15, -0.1) is 0 Å². The maximum atomic E-state index is 12.1. The van der Waals surface area contributed by atoms with Gasteiger partial charge in [-0.2, -0.15) is 0 Å². The van der Waals surface area contributed by atoms with Gasteiger partial charge in [-0.05, 0) is 32.4 Å². The van der Waals surface area contributed by atoms with Crippen LogP contribution in [0.1, 0.15) is 26.0 Å². The van der Waals surface area contributed by atoms with Crippen molar-refractivity contribution in [3.63, 3.8) is 0 Å². The smallest absolute Gasteiger partial charge is 0.317 e. The molecule has 2 amide bonds. The van der Waals surface area contributed by atoms with Crippen LogP contribution in [0.15, 0.2) is 22.8 Å². The standard InChI is InChI=1S/C15H24N2O4/c1-12-13(2)20-10-7-17(12)15(18)16-6-4-8-19-11-14-5-3-9-21-14/h3,5,9,12-13H,4,6-8,10-11H2,1-2H3,(H,16,18). The van der Waals surface area contributed by atoms with Gasteiger partial charge in [-0.1, -0.05) is 0 Å². The zero-order valence-electron chi connectivity index (χ0n) is 12.7. The molecule has 2 unspecified atom stereocenters. The van der Waals surface area contributed by atoms with E-state index in [2.05, 4.69) is 5.32 Å². The van der Waals surface area contributed by atoms with E-state index in [0.717, 1.165) is 12.2 Å². The molecular formula is C15H24N2O4. The summed E-state index contributed by atoms with van der Waals surface area (Å²) < 4.78 is 16.1. The summed E-state index contributed by atoms with van der Waals surface area (Å²) >= 11 is 0. The van der Waals surface area contributed by atoms with E-state index in [4.69, 9.17) is 13.9 Å². The monoisotopic (exact) mass is 296 g/mol. The highest BCUT2D eigenvalue weighted by atomic mass is 16.5. The first-order valence-corrected chi connectivity index (χ1v) is 7.44. The molecule has 1 N–H and O–H groups in total. The largest absolute Gasteiger partial charge is 0.467 e. The van der Waals surface area contributed by atoms with Crippen LogP contribution in [0.2, 0.25) is 0 Å². The van der Waals surface area contributed by atoms with Crippen LogP contribution in [0.25, 0.3) is 0 Å². The third-order valence-corrected chi connectivity index (χ3v) is 3.71. The van der Waals surface area contributed by atoms with E-state index in [1.165, 1.54) is 0 Å². The molecule has 1 aliphatic rings. The molecule has 1 fully saturated rings. The Morgan fingerprint density at radius 1 is 1.52 bits per heavy atom. The quantitative estimate of drug-likeness (QED) is 0.816. The SMILES string of the molecule is CC1OCCN(C(=O)NCCCOCc2ccco2)C1C. The van der Waals surface area contributed by atoms with Gasteiger partial charge < -0.3 is 24.1 Å². The van der Waals surface area contributed by atoms with E-state index in [0.29, 0.717) is 32.9 Å². The molecular weight excluding hydrogens is 272 g/mol. The Morgan fingerprint density at radius 3 is 3.14 bits per heavy atom. The molecule has 0 radical (unpaired) electrons. The molecule has 1 aromatic rings. The van der Waals surface area contributed by atoms with E-state index in [-0.39, 0.29) is 18.2 Å². The van der Waals surface area contributed by atoms with Crippen molar-refractivity contribution in [3.05, 3.63) is 24.2 Å². The van der Waals surface area contributed by atoms with Crippen LogP contribution in [0.4, 0.5) is 4.79 Å². The summed E-state index contributed by atoms with van der Waals surface area (Å²) in [7, 11) is 0. The highest BCUT2D eigenvalue weighted by Crippen LogP contribution is 2.13. The first-order valence-electron chi connectivity index (χ1n) is 7.44.